The summed E-state index contributed by atoms with van der Waals surface area (Å²) in [6, 6.07) is 0.540. The average molecular weight is 269 g/mol. The van der Waals surface area contributed by atoms with Crippen LogP contribution in [0.5, 0.6) is 0 Å². The molecule has 0 aliphatic carbocycles. The molecule has 1 N–H and O–H groups in total. The van der Waals surface area contributed by atoms with Crippen LogP contribution < -0.4 is 5.32 Å². The minimum Gasteiger partial charge on any atom is -0.374 e. The molecule has 2 heterocycles. The second-order valence-corrected chi connectivity index (χ2v) is 5.09. The lowest BCUT2D eigenvalue weighted by molar-refractivity contribution is 0.105. The van der Waals surface area contributed by atoms with Crippen LogP contribution in [0.4, 0.5) is 0 Å². The van der Waals surface area contributed by atoms with Gasteiger partial charge in [0.05, 0.1) is 18.1 Å². The van der Waals surface area contributed by atoms with Crippen molar-refractivity contribution in [2.75, 3.05) is 13.2 Å². The Morgan fingerprint density at radius 2 is 2.53 bits per heavy atom. The first kappa shape index (κ1) is 13.2. The van der Waals surface area contributed by atoms with Crippen molar-refractivity contribution in [3.8, 4) is 0 Å². The first-order valence-electron chi connectivity index (χ1n) is 4.76. The molecule has 3 nitrogen and oxygen atoms in total. The molecule has 0 aromatic carbocycles. The smallest absolute Gasteiger partial charge is 0.183 e. The minimum absolute atomic E-state index is 0. The van der Waals surface area contributed by atoms with Gasteiger partial charge in [0.15, 0.2) is 4.47 Å². The quantitative estimate of drug-likeness (QED) is 0.911. The first-order chi connectivity index (χ1) is 6.84. The highest BCUT2D eigenvalue weighted by Gasteiger charge is 2.13. The van der Waals surface area contributed by atoms with Gasteiger partial charge in [-0.2, -0.15) is 0 Å². The summed E-state index contributed by atoms with van der Waals surface area (Å²) in [7, 11) is 0. The van der Waals surface area contributed by atoms with Gasteiger partial charge >= 0.3 is 0 Å². The summed E-state index contributed by atoms with van der Waals surface area (Å²) in [4.78, 5) is 5.05. The summed E-state index contributed by atoms with van der Waals surface area (Å²) in [5, 5.41) is 3.38. The number of rotatable bonds is 4. The highest BCUT2D eigenvalue weighted by molar-refractivity contribution is 7.15. The van der Waals surface area contributed by atoms with E-state index in [1.54, 1.807) is 6.20 Å². The van der Waals surface area contributed by atoms with Crippen LogP contribution in [0.25, 0.3) is 0 Å². The van der Waals surface area contributed by atoms with E-state index in [1.807, 2.05) is 0 Å². The number of hydrogen-bond donors (Lipinski definition) is 1. The molecule has 0 amide bonds. The number of thiazole rings is 1. The van der Waals surface area contributed by atoms with E-state index in [0.717, 1.165) is 18.0 Å². The number of aromatic nitrogens is 1. The highest BCUT2D eigenvalue weighted by atomic mass is 35.5. The highest BCUT2D eigenvalue weighted by Crippen LogP contribution is 2.18. The zero-order chi connectivity index (χ0) is 9.80. The molecule has 1 aromatic rings. The molecule has 1 atom stereocenters. The van der Waals surface area contributed by atoms with Crippen molar-refractivity contribution in [2.45, 2.75) is 25.5 Å². The first-order valence-corrected chi connectivity index (χ1v) is 5.95. The molecule has 1 unspecified atom stereocenters. The Morgan fingerprint density at radius 1 is 1.67 bits per heavy atom. The van der Waals surface area contributed by atoms with Gasteiger partial charge in [0.1, 0.15) is 0 Å². The third-order valence-corrected chi connectivity index (χ3v) is 3.34. The maximum absolute atomic E-state index is 5.71. The molecule has 1 saturated heterocycles. The topological polar surface area (TPSA) is 34.1 Å². The number of hydrogen-bond acceptors (Lipinski definition) is 4. The molecule has 15 heavy (non-hydrogen) atoms. The van der Waals surface area contributed by atoms with Crippen molar-refractivity contribution in [2.24, 2.45) is 0 Å². The van der Waals surface area contributed by atoms with Crippen molar-refractivity contribution < 1.29 is 4.74 Å². The van der Waals surface area contributed by atoms with Gasteiger partial charge < -0.3 is 10.1 Å². The predicted octanol–water partition coefficient (Wildman–Crippen LogP) is 2.49. The van der Waals surface area contributed by atoms with Gasteiger partial charge in [-0.1, -0.05) is 11.6 Å². The van der Waals surface area contributed by atoms with Crippen LogP contribution in [0.2, 0.25) is 4.47 Å². The molecule has 2 rings (SSSR count). The fraction of sp³-hybridized carbons (Fsp3) is 0.667. The fourth-order valence-electron chi connectivity index (χ4n) is 1.55. The molecule has 1 fully saturated rings. The van der Waals surface area contributed by atoms with Crippen molar-refractivity contribution in [1.82, 2.24) is 10.3 Å². The molecule has 0 saturated carbocycles. The average Bonchev–Trinajstić information content (AvgIpc) is 2.77. The number of ether oxygens (including phenoxy) is 1. The Balaban J connectivity index is 0.00000112. The van der Waals surface area contributed by atoms with Crippen LogP contribution in [0.1, 0.15) is 17.7 Å². The van der Waals surface area contributed by atoms with E-state index in [1.165, 1.54) is 24.2 Å². The standard InChI is InChI=1S/C9H13ClN2OS.ClH/c10-9-12-4-8(14-9)6-13-5-7-2-1-3-11-7;/h4,7,11H,1-3,5-6H2;1H. The Labute approximate surface area is 105 Å². The number of halogens is 2. The van der Waals surface area contributed by atoms with Crippen LogP contribution >= 0.6 is 35.3 Å². The second-order valence-electron chi connectivity index (χ2n) is 3.39. The van der Waals surface area contributed by atoms with Crippen molar-refractivity contribution >= 4 is 35.3 Å². The zero-order valence-corrected chi connectivity index (χ0v) is 10.6. The second kappa shape index (κ2) is 6.66. The number of nitrogens with zero attached hydrogens (tertiary/aromatic N) is 1. The molecule has 1 aliphatic heterocycles. The largest absolute Gasteiger partial charge is 0.374 e. The Kier molecular flexibility index (Phi) is 5.86. The van der Waals surface area contributed by atoms with Crippen molar-refractivity contribution in [1.29, 1.82) is 0 Å². The molecule has 0 radical (unpaired) electrons. The van der Waals surface area contributed by atoms with Gasteiger partial charge in [0.25, 0.3) is 0 Å². The van der Waals surface area contributed by atoms with E-state index in [9.17, 15) is 0 Å². The maximum atomic E-state index is 5.71. The van der Waals surface area contributed by atoms with E-state index in [-0.39, 0.29) is 12.4 Å². The lowest BCUT2D eigenvalue weighted by Gasteiger charge is -2.09. The van der Waals surface area contributed by atoms with E-state index in [0.29, 0.717) is 17.1 Å². The van der Waals surface area contributed by atoms with Gasteiger partial charge in [0.2, 0.25) is 0 Å². The molecule has 0 spiro atoms. The van der Waals surface area contributed by atoms with Crippen LogP contribution in [-0.4, -0.2) is 24.2 Å². The minimum atomic E-state index is 0. The molecule has 1 aliphatic rings. The van der Waals surface area contributed by atoms with E-state index >= 15 is 0 Å². The van der Waals surface area contributed by atoms with Crippen molar-refractivity contribution in [3.05, 3.63) is 15.5 Å². The lowest BCUT2D eigenvalue weighted by Crippen LogP contribution is -2.26. The SMILES string of the molecule is Cl.Clc1ncc(COCC2CCCN2)s1. The van der Waals surface area contributed by atoms with Crippen LogP contribution in [0, 0.1) is 0 Å². The summed E-state index contributed by atoms with van der Waals surface area (Å²) in [5.41, 5.74) is 0. The Bertz CT molecular complexity index is 289. The van der Waals surface area contributed by atoms with Crippen molar-refractivity contribution in [3.63, 3.8) is 0 Å². The van der Waals surface area contributed by atoms with E-state index in [2.05, 4.69) is 10.3 Å². The number of nitrogens with one attached hydrogen (secondary N) is 1. The molecule has 6 heteroatoms. The van der Waals surface area contributed by atoms with Gasteiger partial charge in [0, 0.05) is 12.2 Å². The van der Waals surface area contributed by atoms with Gasteiger partial charge in [-0.25, -0.2) is 4.98 Å². The summed E-state index contributed by atoms with van der Waals surface area (Å²) < 4.78 is 6.15. The Morgan fingerprint density at radius 3 is 3.13 bits per heavy atom. The normalized spacial score (nSPS) is 20.2. The Hall–Kier alpha value is 0.130. The van der Waals surface area contributed by atoms with E-state index < -0.39 is 0 Å². The lowest BCUT2D eigenvalue weighted by atomic mass is 10.2. The molecule has 0 bridgehead atoms. The monoisotopic (exact) mass is 268 g/mol. The van der Waals surface area contributed by atoms with Gasteiger partial charge in [-0.3, -0.25) is 0 Å². The molecule has 86 valence electrons. The third-order valence-electron chi connectivity index (χ3n) is 2.25. The zero-order valence-electron chi connectivity index (χ0n) is 8.24. The molecular weight excluding hydrogens is 255 g/mol. The van der Waals surface area contributed by atoms with Gasteiger partial charge in [-0.15, -0.1) is 23.7 Å². The van der Waals surface area contributed by atoms with Crippen LogP contribution in [0.15, 0.2) is 6.20 Å². The summed E-state index contributed by atoms with van der Waals surface area (Å²) in [5.74, 6) is 0. The van der Waals surface area contributed by atoms with Crippen LogP contribution in [0.3, 0.4) is 0 Å². The third kappa shape index (κ3) is 4.25. The fourth-order valence-corrected chi connectivity index (χ4v) is 2.47. The molecule has 1 aromatic heterocycles. The summed E-state index contributed by atoms with van der Waals surface area (Å²) >= 11 is 7.19. The van der Waals surface area contributed by atoms with Gasteiger partial charge in [-0.05, 0) is 19.4 Å². The molecular formula is C9H14Cl2N2OS. The summed E-state index contributed by atoms with van der Waals surface area (Å²) in [6.45, 7) is 2.54. The summed E-state index contributed by atoms with van der Waals surface area (Å²) in [6.07, 6.45) is 4.26. The van der Waals surface area contributed by atoms with Crippen LogP contribution in [-0.2, 0) is 11.3 Å². The van der Waals surface area contributed by atoms with E-state index in [4.69, 9.17) is 16.3 Å². The predicted molar refractivity (Wildman–Crippen MR) is 65.1 cm³/mol. The maximum Gasteiger partial charge on any atom is 0.183 e.